The zero-order chi connectivity index (χ0) is 16.9. The van der Waals surface area contributed by atoms with Crippen LogP contribution in [0.3, 0.4) is 0 Å². The molecule has 7 heteroatoms. The van der Waals surface area contributed by atoms with E-state index in [-0.39, 0.29) is 36.3 Å². The maximum atomic E-state index is 12.2. The van der Waals surface area contributed by atoms with E-state index in [9.17, 15) is 4.79 Å². The SMILES string of the molecule is CCC(N)(CC)CNC(=O)c1ccc(N2CCC(C)CC2)nc1.Cl.Cl. The molecule has 0 radical (unpaired) electrons. The molecule has 3 N–H and O–H groups in total. The van der Waals surface area contributed by atoms with Gasteiger partial charge in [0.15, 0.2) is 0 Å². The number of nitrogens with zero attached hydrogens (tertiary/aromatic N) is 2. The molecule has 0 saturated carbocycles. The lowest BCUT2D eigenvalue weighted by Gasteiger charge is -2.31. The highest BCUT2D eigenvalue weighted by molar-refractivity contribution is 5.94. The third-order valence-corrected chi connectivity index (χ3v) is 5.13. The van der Waals surface area contributed by atoms with E-state index in [1.165, 1.54) is 12.8 Å². The van der Waals surface area contributed by atoms with Crippen molar-refractivity contribution in [2.75, 3.05) is 24.5 Å². The van der Waals surface area contributed by atoms with Gasteiger partial charge in [-0.1, -0.05) is 20.8 Å². The Morgan fingerprint density at radius 1 is 1.28 bits per heavy atom. The number of carbonyl (C=O) groups is 1. The Hall–Kier alpha value is -1.04. The Balaban J connectivity index is 0.00000288. The van der Waals surface area contributed by atoms with Crippen molar-refractivity contribution in [2.45, 2.75) is 52.0 Å². The summed E-state index contributed by atoms with van der Waals surface area (Å²) in [5, 5.41) is 2.93. The number of anilines is 1. The number of nitrogens with one attached hydrogen (secondary N) is 1. The van der Waals surface area contributed by atoms with Gasteiger partial charge in [0, 0.05) is 31.4 Å². The number of hydrogen-bond acceptors (Lipinski definition) is 4. The van der Waals surface area contributed by atoms with E-state index in [0.717, 1.165) is 37.7 Å². The number of rotatable bonds is 6. The molecule has 0 bridgehead atoms. The number of amides is 1. The number of hydrogen-bond donors (Lipinski definition) is 2. The zero-order valence-corrected chi connectivity index (χ0v) is 17.1. The van der Waals surface area contributed by atoms with Crippen molar-refractivity contribution in [3.05, 3.63) is 23.9 Å². The van der Waals surface area contributed by atoms with Gasteiger partial charge in [-0.15, -0.1) is 24.8 Å². The first-order valence-electron chi connectivity index (χ1n) is 8.75. The minimum atomic E-state index is -0.326. The summed E-state index contributed by atoms with van der Waals surface area (Å²) in [6, 6.07) is 3.80. The molecule has 0 unspecified atom stereocenters. The van der Waals surface area contributed by atoms with Crippen LogP contribution < -0.4 is 16.0 Å². The highest BCUT2D eigenvalue weighted by atomic mass is 35.5. The number of aromatic nitrogens is 1. The molecule has 5 nitrogen and oxygen atoms in total. The van der Waals surface area contributed by atoms with Crippen LogP contribution in [0, 0.1) is 5.92 Å². The third kappa shape index (κ3) is 6.65. The number of pyridine rings is 1. The Kier molecular flexibility index (Phi) is 10.4. The van der Waals surface area contributed by atoms with Gasteiger partial charge >= 0.3 is 0 Å². The lowest BCUT2D eigenvalue weighted by atomic mass is 9.94. The summed E-state index contributed by atoms with van der Waals surface area (Å²) in [5.41, 5.74) is 6.48. The predicted molar refractivity (Wildman–Crippen MR) is 109 cm³/mol. The molecule has 1 aromatic rings. The third-order valence-electron chi connectivity index (χ3n) is 5.13. The van der Waals surface area contributed by atoms with Crippen LogP contribution in [0.2, 0.25) is 0 Å². The van der Waals surface area contributed by atoms with Gasteiger partial charge in [-0.25, -0.2) is 4.98 Å². The molecule has 1 aliphatic rings. The molecule has 2 heterocycles. The normalized spacial score (nSPS) is 15.1. The van der Waals surface area contributed by atoms with Gasteiger partial charge in [-0.3, -0.25) is 4.79 Å². The average Bonchev–Trinajstić information content (AvgIpc) is 2.60. The molecule has 0 spiro atoms. The summed E-state index contributed by atoms with van der Waals surface area (Å²) in [6.07, 6.45) is 5.76. The molecule has 1 saturated heterocycles. The van der Waals surface area contributed by atoms with Crippen molar-refractivity contribution in [2.24, 2.45) is 11.7 Å². The van der Waals surface area contributed by atoms with Crippen LogP contribution >= 0.6 is 24.8 Å². The first kappa shape index (κ1) is 24.0. The summed E-state index contributed by atoms with van der Waals surface area (Å²) in [7, 11) is 0. The molecule has 0 aliphatic carbocycles. The first-order valence-corrected chi connectivity index (χ1v) is 8.75. The second-order valence-electron chi connectivity index (χ2n) is 6.83. The molecule has 144 valence electrons. The van der Waals surface area contributed by atoms with Crippen molar-refractivity contribution >= 4 is 36.5 Å². The van der Waals surface area contributed by atoms with Gasteiger partial charge in [-0.2, -0.15) is 0 Å². The van der Waals surface area contributed by atoms with Gasteiger partial charge < -0.3 is 16.0 Å². The number of carbonyl (C=O) groups excluding carboxylic acids is 1. The highest BCUT2D eigenvalue weighted by Crippen LogP contribution is 2.21. The van der Waals surface area contributed by atoms with Crippen LogP contribution in [-0.2, 0) is 0 Å². The zero-order valence-electron chi connectivity index (χ0n) is 15.5. The first-order chi connectivity index (χ1) is 11.0. The van der Waals surface area contributed by atoms with Gasteiger partial charge in [0.1, 0.15) is 5.82 Å². The second-order valence-corrected chi connectivity index (χ2v) is 6.83. The fourth-order valence-electron chi connectivity index (χ4n) is 2.80. The molecule has 1 amide bonds. The van der Waals surface area contributed by atoms with Crippen LogP contribution in [0.5, 0.6) is 0 Å². The Morgan fingerprint density at radius 3 is 2.36 bits per heavy atom. The fourth-order valence-corrected chi connectivity index (χ4v) is 2.80. The summed E-state index contributed by atoms with van der Waals surface area (Å²) < 4.78 is 0. The van der Waals surface area contributed by atoms with E-state index < -0.39 is 0 Å². The Morgan fingerprint density at radius 2 is 1.88 bits per heavy atom. The predicted octanol–water partition coefficient (Wildman–Crippen LogP) is 3.41. The lowest BCUT2D eigenvalue weighted by Crippen LogP contribution is -2.49. The van der Waals surface area contributed by atoms with Crippen molar-refractivity contribution in [3.8, 4) is 0 Å². The topological polar surface area (TPSA) is 71.2 Å². The summed E-state index contributed by atoms with van der Waals surface area (Å²) >= 11 is 0. The monoisotopic (exact) mass is 390 g/mol. The van der Waals surface area contributed by atoms with E-state index in [4.69, 9.17) is 5.73 Å². The standard InChI is InChI=1S/C18H30N4O.2ClH/c1-4-18(19,5-2)13-21-17(23)15-6-7-16(20-12-15)22-10-8-14(3)9-11-22;;/h6-7,12,14H,4-5,8-11,13,19H2,1-3H3,(H,21,23);2*1H. The van der Waals surface area contributed by atoms with Crippen molar-refractivity contribution in [1.29, 1.82) is 0 Å². The minimum absolute atomic E-state index is 0. The molecule has 1 fully saturated rings. The van der Waals surface area contributed by atoms with Crippen LogP contribution in [-0.4, -0.2) is 36.1 Å². The Bertz CT molecular complexity index is 512. The molecule has 0 atom stereocenters. The molecule has 0 aromatic carbocycles. The summed E-state index contributed by atoms with van der Waals surface area (Å²) in [5.74, 6) is 1.65. The van der Waals surface area contributed by atoms with Crippen LogP contribution in [0.15, 0.2) is 18.3 Å². The van der Waals surface area contributed by atoms with E-state index >= 15 is 0 Å². The van der Waals surface area contributed by atoms with Crippen LogP contribution in [0.25, 0.3) is 0 Å². The molecule has 1 aromatic heterocycles. The van der Waals surface area contributed by atoms with Crippen LogP contribution in [0.4, 0.5) is 5.82 Å². The maximum Gasteiger partial charge on any atom is 0.252 e. The molecule has 25 heavy (non-hydrogen) atoms. The number of halogens is 2. The van der Waals surface area contributed by atoms with E-state index in [2.05, 4.69) is 22.1 Å². The van der Waals surface area contributed by atoms with Crippen molar-refractivity contribution in [1.82, 2.24) is 10.3 Å². The number of piperidine rings is 1. The van der Waals surface area contributed by atoms with Gasteiger partial charge in [-0.05, 0) is 43.7 Å². The van der Waals surface area contributed by atoms with Gasteiger partial charge in [0.05, 0.1) is 5.56 Å². The summed E-state index contributed by atoms with van der Waals surface area (Å²) in [6.45, 7) is 8.97. The molecule has 1 aliphatic heterocycles. The van der Waals surface area contributed by atoms with Gasteiger partial charge in [0.2, 0.25) is 0 Å². The molecular weight excluding hydrogens is 359 g/mol. The van der Waals surface area contributed by atoms with Crippen molar-refractivity contribution < 1.29 is 4.79 Å². The number of nitrogens with two attached hydrogens (primary N) is 1. The van der Waals surface area contributed by atoms with Crippen molar-refractivity contribution in [3.63, 3.8) is 0 Å². The minimum Gasteiger partial charge on any atom is -0.357 e. The quantitative estimate of drug-likeness (QED) is 0.780. The van der Waals surface area contributed by atoms with E-state index in [0.29, 0.717) is 12.1 Å². The largest absolute Gasteiger partial charge is 0.357 e. The molecular formula is C18H32Cl2N4O. The maximum absolute atomic E-state index is 12.2. The van der Waals surface area contributed by atoms with Gasteiger partial charge in [0.25, 0.3) is 5.91 Å². The lowest BCUT2D eigenvalue weighted by molar-refractivity contribution is 0.0942. The average molecular weight is 391 g/mol. The fraction of sp³-hybridized carbons (Fsp3) is 0.667. The Labute approximate surface area is 164 Å². The van der Waals surface area contributed by atoms with Crippen LogP contribution in [0.1, 0.15) is 56.8 Å². The summed E-state index contributed by atoms with van der Waals surface area (Å²) in [4.78, 5) is 19.0. The second kappa shape index (κ2) is 10.8. The highest BCUT2D eigenvalue weighted by Gasteiger charge is 2.21. The van der Waals surface area contributed by atoms with E-state index in [1.807, 2.05) is 26.0 Å². The molecule has 2 rings (SSSR count). The smallest absolute Gasteiger partial charge is 0.252 e. The van der Waals surface area contributed by atoms with E-state index in [1.54, 1.807) is 6.20 Å².